The van der Waals surface area contributed by atoms with E-state index < -0.39 is 0 Å². The van der Waals surface area contributed by atoms with E-state index in [1.54, 1.807) is 11.3 Å². The van der Waals surface area contributed by atoms with Gasteiger partial charge in [0.1, 0.15) is 5.00 Å². The molecule has 1 aliphatic heterocycles. The maximum Gasteiger partial charge on any atom is 0.340 e. The second-order valence-corrected chi connectivity index (χ2v) is 9.16. The number of carbonyl (C=O) groups is 1. The van der Waals surface area contributed by atoms with E-state index in [1.807, 2.05) is 6.07 Å². The zero-order valence-electron chi connectivity index (χ0n) is 17.9. The summed E-state index contributed by atoms with van der Waals surface area (Å²) in [5, 5.41) is 7.34. The highest BCUT2D eigenvalue weighted by Crippen LogP contribution is 2.30. The molecule has 3 aromatic rings. The van der Waals surface area contributed by atoms with Gasteiger partial charge in [-0.3, -0.25) is 4.90 Å². The molecule has 1 fully saturated rings. The smallest absolute Gasteiger partial charge is 0.340 e. The number of fused-ring (bicyclic) bond motifs is 1. The molecular weight excluding hydrogens is 426 g/mol. The zero-order chi connectivity index (χ0) is 21.8. The Bertz CT molecular complexity index is 1080. The first kappa shape index (κ1) is 21.7. The van der Waals surface area contributed by atoms with Crippen LogP contribution in [-0.2, 0) is 17.7 Å². The van der Waals surface area contributed by atoms with Crippen molar-refractivity contribution in [1.29, 1.82) is 0 Å². The van der Waals surface area contributed by atoms with E-state index >= 15 is 0 Å². The molecule has 5 nitrogen and oxygen atoms in total. The molecule has 0 radical (unpaired) electrons. The average molecular weight is 454 g/mol. The summed E-state index contributed by atoms with van der Waals surface area (Å²) < 4.78 is 4.93. The number of carbonyl (C=O) groups excluding carboxylic acids is 1. The third kappa shape index (κ3) is 4.89. The van der Waals surface area contributed by atoms with Crippen LogP contribution in [0.4, 0.5) is 5.00 Å². The normalized spacial score (nSPS) is 14.6. The largest absolute Gasteiger partial charge is 0.465 e. The summed E-state index contributed by atoms with van der Waals surface area (Å²) in [5.74, 6) is -0.332. The molecule has 0 aliphatic carbocycles. The van der Waals surface area contributed by atoms with Gasteiger partial charge < -0.3 is 15.0 Å². The molecule has 0 amide bonds. The lowest BCUT2D eigenvalue weighted by atomic mass is 10.0. The van der Waals surface area contributed by atoms with E-state index in [1.165, 1.54) is 23.4 Å². The number of esters is 1. The predicted molar refractivity (Wildman–Crippen MR) is 132 cm³/mol. The molecule has 1 aliphatic rings. The Hall–Kier alpha value is -2.48. The fourth-order valence-corrected chi connectivity index (χ4v) is 5.26. The molecule has 0 saturated carbocycles. The molecule has 0 bridgehead atoms. The molecule has 31 heavy (non-hydrogen) atoms. The van der Waals surface area contributed by atoms with E-state index in [-0.39, 0.29) is 5.97 Å². The summed E-state index contributed by atoms with van der Waals surface area (Å²) in [5.41, 5.74) is 1.92. The maximum absolute atomic E-state index is 12.1. The SMILES string of the molecule is CCc1cc(C(=O)OC)c(NC(=S)N2CCN(Cc3cccc4ccccc34)CC2)s1. The van der Waals surface area contributed by atoms with Crippen molar-refractivity contribution in [1.82, 2.24) is 9.80 Å². The zero-order valence-corrected chi connectivity index (χ0v) is 19.5. The number of anilines is 1. The Balaban J connectivity index is 1.37. The van der Waals surface area contributed by atoms with Gasteiger partial charge in [-0.25, -0.2) is 4.79 Å². The number of piperazine rings is 1. The van der Waals surface area contributed by atoms with Crippen LogP contribution in [0, 0.1) is 0 Å². The minimum atomic E-state index is -0.332. The Labute approximate surface area is 192 Å². The van der Waals surface area contributed by atoms with Crippen molar-refractivity contribution in [2.24, 2.45) is 0 Å². The molecule has 7 heteroatoms. The fraction of sp³-hybridized carbons (Fsp3) is 0.333. The Morgan fingerprint density at radius 3 is 2.61 bits per heavy atom. The number of nitrogens with zero attached hydrogens (tertiary/aromatic N) is 2. The molecule has 2 heterocycles. The molecule has 1 aromatic heterocycles. The Morgan fingerprint density at radius 2 is 1.87 bits per heavy atom. The topological polar surface area (TPSA) is 44.8 Å². The van der Waals surface area contributed by atoms with Gasteiger partial charge in [-0.15, -0.1) is 11.3 Å². The van der Waals surface area contributed by atoms with Crippen molar-refractivity contribution in [3.8, 4) is 0 Å². The number of methoxy groups -OCH3 is 1. The molecular formula is C24H27N3O2S2. The minimum Gasteiger partial charge on any atom is -0.465 e. The highest BCUT2D eigenvalue weighted by Gasteiger charge is 2.22. The number of thiophene rings is 1. The van der Waals surface area contributed by atoms with Gasteiger partial charge in [0.2, 0.25) is 0 Å². The monoisotopic (exact) mass is 453 g/mol. The molecule has 1 saturated heterocycles. The minimum absolute atomic E-state index is 0.332. The number of nitrogens with one attached hydrogen (secondary N) is 1. The van der Waals surface area contributed by atoms with Crippen LogP contribution in [0.5, 0.6) is 0 Å². The predicted octanol–water partition coefficient (Wildman–Crippen LogP) is 4.76. The number of aryl methyl sites for hydroxylation is 1. The van der Waals surface area contributed by atoms with Gasteiger partial charge in [0.15, 0.2) is 5.11 Å². The lowest BCUT2D eigenvalue weighted by molar-refractivity contribution is 0.0602. The van der Waals surface area contributed by atoms with Crippen molar-refractivity contribution in [3.63, 3.8) is 0 Å². The molecule has 0 spiro atoms. The van der Waals surface area contributed by atoms with Gasteiger partial charge in [0.25, 0.3) is 0 Å². The first-order chi connectivity index (χ1) is 15.1. The molecule has 1 N–H and O–H groups in total. The second kappa shape index (κ2) is 9.77. The van der Waals surface area contributed by atoms with Crippen molar-refractivity contribution in [2.75, 3.05) is 38.6 Å². The summed E-state index contributed by atoms with van der Waals surface area (Å²) >= 11 is 7.23. The van der Waals surface area contributed by atoms with E-state index in [4.69, 9.17) is 17.0 Å². The van der Waals surface area contributed by atoms with Crippen molar-refractivity contribution in [3.05, 3.63) is 64.5 Å². The van der Waals surface area contributed by atoms with Gasteiger partial charge in [-0.1, -0.05) is 49.4 Å². The molecule has 2 aromatic carbocycles. The van der Waals surface area contributed by atoms with Crippen LogP contribution in [0.2, 0.25) is 0 Å². The van der Waals surface area contributed by atoms with E-state index in [9.17, 15) is 4.79 Å². The molecule has 162 valence electrons. The number of hydrogen-bond donors (Lipinski definition) is 1. The third-order valence-electron chi connectivity index (χ3n) is 5.69. The van der Waals surface area contributed by atoms with E-state index in [2.05, 4.69) is 64.5 Å². The highest BCUT2D eigenvalue weighted by atomic mass is 32.1. The van der Waals surface area contributed by atoms with Crippen LogP contribution in [0.25, 0.3) is 10.8 Å². The van der Waals surface area contributed by atoms with Gasteiger partial charge >= 0.3 is 5.97 Å². The van der Waals surface area contributed by atoms with Gasteiger partial charge in [-0.2, -0.15) is 0 Å². The third-order valence-corrected chi connectivity index (χ3v) is 7.25. The lowest BCUT2D eigenvalue weighted by Crippen LogP contribution is -2.49. The summed E-state index contributed by atoms with van der Waals surface area (Å²) in [4.78, 5) is 17.9. The first-order valence-corrected chi connectivity index (χ1v) is 11.8. The molecule has 4 rings (SSSR count). The van der Waals surface area contributed by atoms with Crippen LogP contribution in [0.15, 0.2) is 48.5 Å². The van der Waals surface area contributed by atoms with Crippen molar-refractivity contribution < 1.29 is 9.53 Å². The standard InChI is InChI=1S/C24H27N3O2S2/c1-3-19-15-21(23(28)29-2)22(31-19)25-24(30)27-13-11-26(12-14-27)16-18-9-6-8-17-7-4-5-10-20(17)18/h4-10,15H,3,11-14,16H2,1-2H3,(H,25,30). The van der Waals surface area contributed by atoms with E-state index in [0.29, 0.717) is 10.7 Å². The van der Waals surface area contributed by atoms with Crippen molar-refractivity contribution in [2.45, 2.75) is 19.9 Å². The maximum atomic E-state index is 12.1. The van der Waals surface area contributed by atoms with Gasteiger partial charge in [0, 0.05) is 37.6 Å². The van der Waals surface area contributed by atoms with Gasteiger partial charge in [0.05, 0.1) is 12.7 Å². The number of thiocarbonyl (C=S) groups is 1. The lowest BCUT2D eigenvalue weighted by Gasteiger charge is -2.36. The van der Waals surface area contributed by atoms with Crippen LogP contribution in [0.1, 0.15) is 27.7 Å². The van der Waals surface area contributed by atoms with E-state index in [0.717, 1.165) is 49.0 Å². The second-order valence-electron chi connectivity index (χ2n) is 7.63. The molecule has 0 unspecified atom stereocenters. The van der Waals surface area contributed by atoms with Crippen LogP contribution < -0.4 is 5.32 Å². The molecule has 0 atom stereocenters. The summed E-state index contributed by atoms with van der Waals surface area (Å²) in [6, 6.07) is 17.0. The van der Waals surface area contributed by atoms with Crippen molar-refractivity contribution >= 4 is 50.4 Å². The number of hydrogen-bond acceptors (Lipinski definition) is 5. The number of ether oxygens (including phenoxy) is 1. The van der Waals surface area contributed by atoms with Gasteiger partial charge in [-0.05, 0) is 41.0 Å². The summed E-state index contributed by atoms with van der Waals surface area (Å²) in [7, 11) is 1.41. The number of rotatable bonds is 5. The fourth-order valence-electron chi connectivity index (χ4n) is 3.93. The Kier molecular flexibility index (Phi) is 6.85. The Morgan fingerprint density at radius 1 is 1.13 bits per heavy atom. The summed E-state index contributed by atoms with van der Waals surface area (Å²) in [6.07, 6.45) is 0.871. The highest BCUT2D eigenvalue weighted by molar-refractivity contribution is 7.80. The van der Waals surface area contributed by atoms with Crippen LogP contribution in [0.3, 0.4) is 0 Å². The average Bonchev–Trinajstić information content (AvgIpc) is 3.22. The van der Waals surface area contributed by atoms with Crippen LogP contribution in [-0.4, -0.2) is 54.2 Å². The quantitative estimate of drug-likeness (QED) is 0.444. The number of benzene rings is 2. The van der Waals surface area contributed by atoms with Crippen LogP contribution >= 0.6 is 23.6 Å². The summed E-state index contributed by atoms with van der Waals surface area (Å²) in [6.45, 7) is 6.61. The first-order valence-electron chi connectivity index (χ1n) is 10.5.